The van der Waals surface area contributed by atoms with Gasteiger partial charge >= 0.3 is 6.18 Å². The molecule has 3 N–H and O–H groups in total. The highest BCUT2D eigenvalue weighted by molar-refractivity contribution is 5.28. The van der Waals surface area contributed by atoms with Gasteiger partial charge in [0, 0.05) is 11.5 Å². The van der Waals surface area contributed by atoms with E-state index in [4.69, 9.17) is 10.8 Å². The average molecular weight is 211 g/mol. The van der Waals surface area contributed by atoms with Gasteiger partial charge in [-0.15, -0.1) is 0 Å². The minimum Gasteiger partial charge on any atom is -0.378 e. The Hall–Kier alpha value is -0.880. The van der Waals surface area contributed by atoms with Crippen LogP contribution in [0.3, 0.4) is 0 Å². The molecule has 0 bridgehead atoms. The van der Waals surface area contributed by atoms with Gasteiger partial charge in [0.15, 0.2) is 0 Å². The number of halogens is 4. The van der Waals surface area contributed by atoms with Crippen molar-refractivity contribution >= 4 is 0 Å². The first-order valence-electron chi connectivity index (χ1n) is 3.89. The van der Waals surface area contributed by atoms with Gasteiger partial charge in [-0.2, -0.15) is 13.2 Å². The fourth-order valence-corrected chi connectivity index (χ4v) is 1.21. The SMILES string of the molecule is NC(O)C1C=C(F)C=C(C(F)(F)F)C1. The lowest BCUT2D eigenvalue weighted by Crippen LogP contribution is -2.31. The predicted octanol–water partition coefficient (Wildman–Crippen LogP) is 1.63. The summed E-state index contributed by atoms with van der Waals surface area (Å²) in [5.74, 6) is -2.03. The van der Waals surface area contributed by atoms with Gasteiger partial charge in [0.1, 0.15) is 12.1 Å². The van der Waals surface area contributed by atoms with E-state index in [1.807, 2.05) is 0 Å². The molecule has 0 aromatic rings. The van der Waals surface area contributed by atoms with E-state index >= 15 is 0 Å². The van der Waals surface area contributed by atoms with Gasteiger partial charge in [0.05, 0.1) is 0 Å². The second-order valence-electron chi connectivity index (χ2n) is 3.08. The highest BCUT2D eigenvalue weighted by Crippen LogP contribution is 2.35. The summed E-state index contributed by atoms with van der Waals surface area (Å²) in [5, 5.41) is 8.85. The highest BCUT2D eigenvalue weighted by Gasteiger charge is 2.37. The number of alkyl halides is 3. The fraction of sp³-hybridized carbons (Fsp3) is 0.500. The van der Waals surface area contributed by atoms with E-state index in [9.17, 15) is 17.6 Å². The first kappa shape index (κ1) is 11.2. The van der Waals surface area contributed by atoms with Crippen molar-refractivity contribution in [3.63, 3.8) is 0 Å². The number of rotatable bonds is 1. The van der Waals surface area contributed by atoms with Crippen LogP contribution in [0.15, 0.2) is 23.6 Å². The standard InChI is InChI=1S/C8H9F4NO/c9-6-2-4(7(13)14)1-5(3-6)8(10,11)12/h2-4,7,14H,1,13H2. The summed E-state index contributed by atoms with van der Waals surface area (Å²) in [6.45, 7) is 0. The average Bonchev–Trinajstić information content (AvgIpc) is 2.01. The normalized spacial score (nSPS) is 25.4. The van der Waals surface area contributed by atoms with Gasteiger partial charge in [0.25, 0.3) is 0 Å². The number of hydrogen-bond acceptors (Lipinski definition) is 2. The van der Waals surface area contributed by atoms with Gasteiger partial charge in [-0.05, 0) is 18.6 Å². The van der Waals surface area contributed by atoms with Crippen molar-refractivity contribution in [3.8, 4) is 0 Å². The van der Waals surface area contributed by atoms with E-state index in [1.54, 1.807) is 0 Å². The quantitative estimate of drug-likeness (QED) is 0.511. The molecule has 2 atom stereocenters. The molecule has 1 aliphatic carbocycles. The van der Waals surface area contributed by atoms with E-state index in [0.717, 1.165) is 6.08 Å². The maximum atomic E-state index is 12.7. The molecule has 6 heteroatoms. The van der Waals surface area contributed by atoms with E-state index < -0.39 is 36.1 Å². The van der Waals surface area contributed by atoms with Crippen molar-refractivity contribution in [2.75, 3.05) is 0 Å². The highest BCUT2D eigenvalue weighted by atomic mass is 19.4. The topological polar surface area (TPSA) is 46.2 Å². The van der Waals surface area contributed by atoms with Crippen molar-refractivity contribution in [3.05, 3.63) is 23.6 Å². The molecule has 2 nitrogen and oxygen atoms in total. The Labute approximate surface area is 77.7 Å². The van der Waals surface area contributed by atoms with Gasteiger partial charge < -0.3 is 10.8 Å². The number of aliphatic hydroxyl groups is 1. The molecule has 1 aliphatic rings. The molecule has 1 rings (SSSR count). The minimum absolute atomic E-state index is 0.416. The summed E-state index contributed by atoms with van der Waals surface area (Å²) in [4.78, 5) is 0. The summed E-state index contributed by atoms with van der Waals surface area (Å²) >= 11 is 0. The van der Waals surface area contributed by atoms with Crippen molar-refractivity contribution in [2.24, 2.45) is 11.7 Å². The Balaban J connectivity index is 2.88. The van der Waals surface area contributed by atoms with Crippen molar-refractivity contribution in [1.29, 1.82) is 0 Å². The van der Waals surface area contributed by atoms with Gasteiger partial charge in [-0.25, -0.2) is 4.39 Å². The molecule has 0 fully saturated rings. The fourth-order valence-electron chi connectivity index (χ4n) is 1.21. The van der Waals surface area contributed by atoms with Crippen LogP contribution >= 0.6 is 0 Å². The molecule has 0 heterocycles. The maximum absolute atomic E-state index is 12.7. The molecule has 14 heavy (non-hydrogen) atoms. The lowest BCUT2D eigenvalue weighted by atomic mass is 9.92. The van der Waals surface area contributed by atoms with Crippen LogP contribution in [-0.4, -0.2) is 17.5 Å². The molecule has 80 valence electrons. The zero-order valence-corrected chi connectivity index (χ0v) is 7.05. The van der Waals surface area contributed by atoms with Crippen LogP contribution in [0.25, 0.3) is 0 Å². The second kappa shape index (κ2) is 3.70. The Morgan fingerprint density at radius 2 is 2.07 bits per heavy atom. The summed E-state index contributed by atoms with van der Waals surface area (Å²) in [6.07, 6.45) is -5.24. The van der Waals surface area contributed by atoms with Gasteiger partial charge in [-0.3, -0.25) is 0 Å². The number of aliphatic hydroxyl groups excluding tert-OH is 1. The predicted molar refractivity (Wildman–Crippen MR) is 41.6 cm³/mol. The van der Waals surface area contributed by atoms with Crippen LogP contribution in [0.1, 0.15) is 6.42 Å². The largest absolute Gasteiger partial charge is 0.412 e. The third-order valence-electron chi connectivity index (χ3n) is 1.94. The van der Waals surface area contributed by atoms with Gasteiger partial charge in [0.2, 0.25) is 0 Å². The molecular weight excluding hydrogens is 202 g/mol. The lowest BCUT2D eigenvalue weighted by Gasteiger charge is -2.22. The summed E-state index contributed by atoms with van der Waals surface area (Å²) in [6, 6.07) is 0. The molecule has 0 aliphatic heterocycles. The Bertz CT molecular complexity index is 280. The molecule has 0 saturated carbocycles. The number of nitrogens with two attached hydrogens (primary N) is 1. The Morgan fingerprint density at radius 1 is 1.50 bits per heavy atom. The summed E-state index contributed by atoms with van der Waals surface area (Å²) in [7, 11) is 0. The smallest absolute Gasteiger partial charge is 0.378 e. The summed E-state index contributed by atoms with van der Waals surface area (Å²) < 4.78 is 49.2. The van der Waals surface area contributed by atoms with Crippen LogP contribution < -0.4 is 5.73 Å². The molecule has 0 radical (unpaired) electrons. The number of allylic oxidation sites excluding steroid dienone is 3. The zero-order valence-electron chi connectivity index (χ0n) is 7.05. The monoisotopic (exact) mass is 211 g/mol. The molecule has 0 spiro atoms. The first-order chi connectivity index (χ1) is 6.30. The Morgan fingerprint density at radius 3 is 2.50 bits per heavy atom. The van der Waals surface area contributed by atoms with Crippen molar-refractivity contribution in [1.82, 2.24) is 0 Å². The van der Waals surface area contributed by atoms with Crippen LogP contribution in [0, 0.1) is 5.92 Å². The molecule has 2 unspecified atom stereocenters. The zero-order chi connectivity index (χ0) is 10.9. The lowest BCUT2D eigenvalue weighted by molar-refractivity contribution is -0.0964. The molecular formula is C8H9F4NO. The molecule has 0 aromatic heterocycles. The van der Waals surface area contributed by atoms with Crippen molar-refractivity contribution < 1.29 is 22.7 Å². The minimum atomic E-state index is -4.57. The van der Waals surface area contributed by atoms with Crippen LogP contribution in [-0.2, 0) is 0 Å². The maximum Gasteiger partial charge on any atom is 0.412 e. The Kier molecular flexibility index (Phi) is 2.96. The first-order valence-corrected chi connectivity index (χ1v) is 3.89. The van der Waals surface area contributed by atoms with Crippen molar-refractivity contribution in [2.45, 2.75) is 18.8 Å². The van der Waals surface area contributed by atoms with E-state index in [1.165, 1.54) is 0 Å². The second-order valence-corrected chi connectivity index (χ2v) is 3.08. The summed E-state index contributed by atoms with van der Waals surface area (Å²) in [5.41, 5.74) is 3.98. The number of hydrogen-bond donors (Lipinski definition) is 2. The van der Waals surface area contributed by atoms with Crippen LogP contribution in [0.5, 0.6) is 0 Å². The third-order valence-corrected chi connectivity index (χ3v) is 1.94. The van der Waals surface area contributed by atoms with Crippen LogP contribution in [0.4, 0.5) is 17.6 Å². The molecule has 0 saturated heterocycles. The van der Waals surface area contributed by atoms with E-state index in [2.05, 4.69) is 0 Å². The third kappa shape index (κ3) is 2.55. The van der Waals surface area contributed by atoms with Gasteiger partial charge in [-0.1, -0.05) is 0 Å². The van der Waals surface area contributed by atoms with E-state index in [-0.39, 0.29) is 0 Å². The molecule has 0 amide bonds. The molecule has 0 aromatic carbocycles. The van der Waals surface area contributed by atoms with E-state index in [0.29, 0.717) is 6.08 Å². The van der Waals surface area contributed by atoms with Crippen LogP contribution in [0.2, 0.25) is 0 Å².